The lowest BCUT2D eigenvalue weighted by molar-refractivity contribution is 0.370. The van der Waals surface area contributed by atoms with Gasteiger partial charge in [-0.3, -0.25) is 4.99 Å². The quantitative estimate of drug-likeness (QED) is 0.262. The first-order chi connectivity index (χ1) is 13.6. The second-order valence-electron chi connectivity index (χ2n) is 6.79. The lowest BCUT2D eigenvalue weighted by Crippen LogP contribution is -2.52. The number of thiazole rings is 1. The van der Waals surface area contributed by atoms with E-state index in [0.29, 0.717) is 31.9 Å². The Morgan fingerprint density at radius 3 is 2.66 bits per heavy atom. The summed E-state index contributed by atoms with van der Waals surface area (Å²) in [5, 5.41) is 6.57. The van der Waals surface area contributed by atoms with Crippen LogP contribution in [0.25, 0.3) is 0 Å². The molecule has 2 aromatic rings. The number of nitrogens with zero attached hydrogens (tertiary/aromatic N) is 4. The van der Waals surface area contributed by atoms with Crippen LogP contribution in [0.2, 0.25) is 0 Å². The summed E-state index contributed by atoms with van der Waals surface area (Å²) in [5.74, 6) is 0.0918. The maximum Gasteiger partial charge on any atom is 0.194 e. The molecular weight excluding hydrogens is 507 g/mol. The average Bonchev–Trinajstić information content (AvgIpc) is 3.11. The van der Waals surface area contributed by atoms with Crippen molar-refractivity contribution in [1.82, 2.24) is 15.2 Å². The molecule has 1 aromatic carbocycles. The standard InChI is InChI=1S/C20H27F2N5S.HI/c1-3-23-20(24-8-4-5-19-25-15(2)14-28-19)27-11-9-26(10-12-27)18-13-16(21)6-7-17(18)22;/h6-7,13-14H,3-5,8-12H2,1-2H3,(H,23,24);1H. The van der Waals surface area contributed by atoms with E-state index in [-0.39, 0.29) is 29.8 Å². The maximum absolute atomic E-state index is 14.0. The van der Waals surface area contributed by atoms with Crippen LogP contribution in [0.4, 0.5) is 14.5 Å². The number of halogens is 3. The van der Waals surface area contributed by atoms with Crippen molar-refractivity contribution in [3.8, 4) is 0 Å². The predicted molar refractivity (Wildman–Crippen MR) is 127 cm³/mol. The highest BCUT2D eigenvalue weighted by Gasteiger charge is 2.22. The molecule has 5 nitrogen and oxygen atoms in total. The molecular formula is C20H28F2IN5S. The van der Waals surface area contributed by atoms with E-state index in [1.165, 1.54) is 12.1 Å². The highest BCUT2D eigenvalue weighted by atomic mass is 127. The first-order valence-electron chi connectivity index (χ1n) is 9.71. The van der Waals surface area contributed by atoms with Gasteiger partial charge in [0.25, 0.3) is 0 Å². The number of hydrogen-bond donors (Lipinski definition) is 1. The summed E-state index contributed by atoms with van der Waals surface area (Å²) in [6, 6.07) is 3.61. The largest absolute Gasteiger partial charge is 0.366 e. The highest BCUT2D eigenvalue weighted by Crippen LogP contribution is 2.22. The van der Waals surface area contributed by atoms with Crippen molar-refractivity contribution in [2.24, 2.45) is 4.99 Å². The summed E-state index contributed by atoms with van der Waals surface area (Å²) < 4.78 is 27.5. The van der Waals surface area contributed by atoms with Gasteiger partial charge in [0.1, 0.15) is 11.6 Å². The molecule has 1 aromatic heterocycles. The molecule has 0 unspecified atom stereocenters. The van der Waals surface area contributed by atoms with Gasteiger partial charge >= 0.3 is 0 Å². The highest BCUT2D eigenvalue weighted by molar-refractivity contribution is 14.0. The number of hydrogen-bond acceptors (Lipinski definition) is 4. The van der Waals surface area contributed by atoms with Crippen molar-refractivity contribution < 1.29 is 8.78 Å². The molecule has 1 saturated heterocycles. The number of guanidine groups is 1. The van der Waals surface area contributed by atoms with E-state index in [1.807, 2.05) is 18.7 Å². The summed E-state index contributed by atoms with van der Waals surface area (Å²) in [7, 11) is 0. The van der Waals surface area contributed by atoms with Gasteiger partial charge in [0.15, 0.2) is 5.96 Å². The lowest BCUT2D eigenvalue weighted by atomic mass is 10.2. The van der Waals surface area contributed by atoms with Gasteiger partial charge < -0.3 is 15.1 Å². The predicted octanol–water partition coefficient (Wildman–Crippen LogP) is 4.07. The first kappa shape index (κ1) is 23.8. The van der Waals surface area contributed by atoms with Crippen LogP contribution < -0.4 is 10.2 Å². The van der Waals surface area contributed by atoms with E-state index in [0.717, 1.165) is 48.7 Å². The topological polar surface area (TPSA) is 43.8 Å². The SMILES string of the molecule is CCNC(=NCCCc1nc(C)cs1)N1CCN(c2cc(F)ccc2F)CC1.I. The Kier molecular flexibility index (Phi) is 9.54. The molecule has 1 aliphatic heterocycles. The fourth-order valence-electron chi connectivity index (χ4n) is 3.25. The second kappa shape index (κ2) is 11.6. The number of piperazine rings is 1. The molecule has 0 bridgehead atoms. The number of nitrogens with one attached hydrogen (secondary N) is 1. The van der Waals surface area contributed by atoms with Crippen molar-refractivity contribution in [2.45, 2.75) is 26.7 Å². The van der Waals surface area contributed by atoms with Gasteiger partial charge in [-0.1, -0.05) is 0 Å². The third kappa shape index (κ3) is 6.77. The number of rotatable bonds is 6. The summed E-state index contributed by atoms with van der Waals surface area (Å²) >= 11 is 1.70. The molecule has 0 saturated carbocycles. The summed E-state index contributed by atoms with van der Waals surface area (Å²) in [6.45, 7) is 8.28. The molecule has 0 spiro atoms. The van der Waals surface area contributed by atoms with Gasteiger partial charge in [-0.25, -0.2) is 13.8 Å². The lowest BCUT2D eigenvalue weighted by Gasteiger charge is -2.37. The fourth-order valence-corrected chi connectivity index (χ4v) is 4.06. The second-order valence-corrected chi connectivity index (χ2v) is 7.73. The minimum Gasteiger partial charge on any atom is -0.366 e. The van der Waals surface area contributed by atoms with Gasteiger partial charge in [0.2, 0.25) is 0 Å². The molecule has 0 amide bonds. The van der Waals surface area contributed by atoms with Crippen LogP contribution in [-0.4, -0.2) is 55.1 Å². The van der Waals surface area contributed by atoms with Crippen LogP contribution in [0.3, 0.4) is 0 Å². The molecule has 1 fully saturated rings. The van der Waals surface area contributed by atoms with Crippen molar-refractivity contribution in [1.29, 1.82) is 0 Å². The zero-order valence-corrected chi connectivity index (χ0v) is 20.0. The Morgan fingerprint density at radius 2 is 2.00 bits per heavy atom. The normalized spacial score (nSPS) is 14.7. The Balaban J connectivity index is 0.00000300. The van der Waals surface area contributed by atoms with Crippen molar-refractivity contribution in [3.05, 3.63) is 45.9 Å². The van der Waals surface area contributed by atoms with Crippen molar-refractivity contribution in [2.75, 3.05) is 44.2 Å². The van der Waals surface area contributed by atoms with Gasteiger partial charge in [0.05, 0.1) is 10.7 Å². The molecule has 2 heterocycles. The van der Waals surface area contributed by atoms with Crippen LogP contribution in [0.15, 0.2) is 28.6 Å². The summed E-state index contributed by atoms with van der Waals surface area (Å²) in [4.78, 5) is 13.3. The first-order valence-corrected chi connectivity index (χ1v) is 10.6. The van der Waals surface area contributed by atoms with Crippen molar-refractivity contribution in [3.63, 3.8) is 0 Å². The van der Waals surface area contributed by atoms with Gasteiger partial charge in [-0.2, -0.15) is 0 Å². The Labute approximate surface area is 192 Å². The molecule has 3 rings (SSSR count). The van der Waals surface area contributed by atoms with Crippen LogP contribution in [-0.2, 0) is 6.42 Å². The number of aliphatic imine (C=N–C) groups is 1. The minimum absolute atomic E-state index is 0. The number of aromatic nitrogens is 1. The molecule has 1 N–H and O–H groups in total. The third-order valence-electron chi connectivity index (χ3n) is 4.64. The van der Waals surface area contributed by atoms with Crippen molar-refractivity contribution >= 4 is 47.0 Å². The van der Waals surface area contributed by atoms with E-state index in [4.69, 9.17) is 4.99 Å². The Morgan fingerprint density at radius 1 is 1.24 bits per heavy atom. The van der Waals surface area contributed by atoms with Crippen LogP contribution in [0.1, 0.15) is 24.0 Å². The zero-order valence-electron chi connectivity index (χ0n) is 16.8. The Hall–Kier alpha value is -1.49. The smallest absolute Gasteiger partial charge is 0.194 e. The molecule has 0 radical (unpaired) electrons. The maximum atomic E-state index is 14.0. The molecule has 0 aliphatic carbocycles. The van der Waals surface area contributed by atoms with Crippen LogP contribution in [0.5, 0.6) is 0 Å². The van der Waals surface area contributed by atoms with E-state index >= 15 is 0 Å². The van der Waals surface area contributed by atoms with Crippen LogP contribution in [0, 0.1) is 18.6 Å². The van der Waals surface area contributed by atoms with E-state index in [9.17, 15) is 8.78 Å². The molecule has 1 aliphatic rings. The van der Waals surface area contributed by atoms with Gasteiger partial charge in [0, 0.05) is 62.8 Å². The zero-order chi connectivity index (χ0) is 19.9. The minimum atomic E-state index is -0.413. The number of aryl methyl sites for hydroxylation is 2. The average molecular weight is 535 g/mol. The number of benzene rings is 1. The monoisotopic (exact) mass is 535 g/mol. The van der Waals surface area contributed by atoms with E-state index in [2.05, 4.69) is 20.6 Å². The molecule has 0 atom stereocenters. The number of anilines is 1. The van der Waals surface area contributed by atoms with E-state index in [1.54, 1.807) is 11.3 Å². The molecule has 29 heavy (non-hydrogen) atoms. The Bertz CT molecular complexity index is 806. The van der Waals surface area contributed by atoms with Gasteiger partial charge in [-0.05, 0) is 32.4 Å². The molecule has 9 heteroatoms. The van der Waals surface area contributed by atoms with Crippen LogP contribution >= 0.6 is 35.3 Å². The molecule has 160 valence electrons. The summed E-state index contributed by atoms with van der Waals surface area (Å²) in [5.41, 5.74) is 1.41. The third-order valence-corrected chi connectivity index (χ3v) is 5.67. The summed E-state index contributed by atoms with van der Waals surface area (Å²) in [6.07, 6.45) is 1.89. The van der Waals surface area contributed by atoms with E-state index < -0.39 is 5.82 Å². The van der Waals surface area contributed by atoms with Gasteiger partial charge in [-0.15, -0.1) is 35.3 Å². The fraction of sp³-hybridized carbons (Fsp3) is 0.500.